The third-order valence-corrected chi connectivity index (χ3v) is 6.06. The molecule has 0 spiro atoms. The minimum absolute atomic E-state index is 0.0342. The lowest BCUT2D eigenvalue weighted by atomic mass is 10.2. The van der Waals surface area contributed by atoms with E-state index in [2.05, 4.69) is 57.2 Å². The summed E-state index contributed by atoms with van der Waals surface area (Å²) in [4.78, 5) is 37.0. The van der Waals surface area contributed by atoms with E-state index in [0.717, 1.165) is 12.2 Å². The van der Waals surface area contributed by atoms with Crippen LogP contribution < -0.4 is 31.9 Å². The van der Waals surface area contributed by atoms with Gasteiger partial charge in [0.1, 0.15) is 0 Å². The van der Waals surface area contributed by atoms with Gasteiger partial charge >= 0.3 is 0 Å². The molecule has 0 aliphatic rings. The third-order valence-electron chi connectivity index (χ3n) is 4.79. The van der Waals surface area contributed by atoms with Crippen LogP contribution in [0.5, 0.6) is 0 Å². The van der Waals surface area contributed by atoms with Crippen molar-refractivity contribution in [3.63, 3.8) is 0 Å². The van der Waals surface area contributed by atoms with Gasteiger partial charge in [-0.1, -0.05) is 13.8 Å². The van der Waals surface area contributed by atoms with Crippen LogP contribution in [-0.2, 0) is 14.4 Å². The molecule has 0 saturated carbocycles. The summed E-state index contributed by atoms with van der Waals surface area (Å²) < 4.78 is 0. The summed E-state index contributed by atoms with van der Waals surface area (Å²) in [7, 11) is 0. The average molecular weight is 525 g/mol. The molecule has 9 nitrogen and oxygen atoms in total. The van der Waals surface area contributed by atoms with E-state index < -0.39 is 0 Å². The monoisotopic (exact) mass is 524 g/mol. The van der Waals surface area contributed by atoms with Crippen molar-refractivity contribution >= 4 is 54.7 Å². The first-order valence-corrected chi connectivity index (χ1v) is 14.3. The molecule has 0 aliphatic carbocycles. The lowest BCUT2D eigenvalue weighted by molar-refractivity contribution is -0.123. The Morgan fingerprint density at radius 1 is 0.727 bits per heavy atom. The average Bonchev–Trinajstić information content (AvgIpc) is 2.81. The minimum Gasteiger partial charge on any atom is -0.355 e. The molecule has 0 bridgehead atoms. The van der Waals surface area contributed by atoms with E-state index in [-0.39, 0.29) is 35.8 Å². The number of thiol groups is 2. The molecule has 3 unspecified atom stereocenters. The first-order chi connectivity index (χ1) is 15.9. The van der Waals surface area contributed by atoms with Crippen molar-refractivity contribution < 1.29 is 14.4 Å². The van der Waals surface area contributed by atoms with Crippen molar-refractivity contribution in [3.05, 3.63) is 0 Å². The number of likely N-dealkylation sites (N-methyl/N-ethyl adjacent to an activating group) is 1. The van der Waals surface area contributed by atoms with Crippen LogP contribution >= 0.6 is 37.0 Å². The fourth-order valence-corrected chi connectivity index (χ4v) is 4.01. The number of rotatable bonds is 21. The number of carbonyl (C=O) groups is 3. The molecule has 33 heavy (non-hydrogen) atoms. The quantitative estimate of drug-likeness (QED) is 0.0762. The molecule has 3 atom stereocenters. The van der Waals surface area contributed by atoms with Crippen molar-refractivity contribution in [2.45, 2.75) is 51.2 Å². The van der Waals surface area contributed by atoms with Gasteiger partial charge in [-0.05, 0) is 43.6 Å². The van der Waals surface area contributed by atoms with Gasteiger partial charge in [-0.25, -0.2) is 0 Å². The van der Waals surface area contributed by atoms with Gasteiger partial charge in [0.25, 0.3) is 0 Å². The Balaban J connectivity index is 4.43. The zero-order chi connectivity index (χ0) is 24.9. The van der Waals surface area contributed by atoms with Gasteiger partial charge in [-0.2, -0.15) is 37.0 Å². The topological polar surface area (TPSA) is 123 Å². The second-order valence-electron chi connectivity index (χ2n) is 7.47. The maximum Gasteiger partial charge on any atom is 0.238 e. The molecule has 0 aromatic rings. The smallest absolute Gasteiger partial charge is 0.238 e. The summed E-state index contributed by atoms with van der Waals surface area (Å²) in [5, 5.41) is 18.2. The zero-order valence-electron chi connectivity index (χ0n) is 20.2. The summed E-state index contributed by atoms with van der Waals surface area (Å²) in [6.07, 6.45) is 4.20. The highest BCUT2D eigenvalue weighted by Gasteiger charge is 2.19. The number of carbonyl (C=O) groups excluding carboxylic acids is 3. The Kier molecular flexibility index (Phi) is 21.4. The fourth-order valence-electron chi connectivity index (χ4n) is 2.99. The highest BCUT2D eigenvalue weighted by Crippen LogP contribution is 2.01. The molecular weight excluding hydrogens is 480 g/mol. The van der Waals surface area contributed by atoms with Crippen molar-refractivity contribution in [1.82, 2.24) is 31.9 Å². The normalized spacial score (nSPS) is 13.7. The fraction of sp³-hybridized carbons (Fsp3) is 0.857. The van der Waals surface area contributed by atoms with E-state index in [9.17, 15) is 14.4 Å². The van der Waals surface area contributed by atoms with Crippen molar-refractivity contribution in [2.24, 2.45) is 0 Å². The number of hydrogen-bond acceptors (Lipinski definition) is 9. The molecule has 6 N–H and O–H groups in total. The van der Waals surface area contributed by atoms with E-state index in [4.69, 9.17) is 0 Å². The highest BCUT2D eigenvalue weighted by molar-refractivity contribution is 7.98. The predicted molar refractivity (Wildman–Crippen MR) is 146 cm³/mol. The summed E-state index contributed by atoms with van der Waals surface area (Å²) in [6.45, 7) is 7.12. The minimum atomic E-state index is -0.343. The largest absolute Gasteiger partial charge is 0.355 e. The second kappa shape index (κ2) is 21.8. The second-order valence-corrected chi connectivity index (χ2v) is 9.27. The van der Waals surface area contributed by atoms with Crippen molar-refractivity contribution in [1.29, 1.82) is 0 Å². The summed E-state index contributed by atoms with van der Waals surface area (Å²) in [5.41, 5.74) is 0. The molecule has 12 heteroatoms. The van der Waals surface area contributed by atoms with E-state index >= 15 is 0 Å². The molecular formula is C21H44N6O3S3. The van der Waals surface area contributed by atoms with Crippen LogP contribution in [0.25, 0.3) is 0 Å². The first-order valence-electron chi connectivity index (χ1n) is 11.7. The van der Waals surface area contributed by atoms with E-state index in [0.29, 0.717) is 63.6 Å². The SMILES string of the molecule is CCCNC(=O)C(CCS)NCCNC(=O)C(CCSC)NCCNC(=O)C(CS)NCC. The molecule has 0 aliphatic heterocycles. The number of amides is 3. The summed E-state index contributed by atoms with van der Waals surface area (Å²) in [5.74, 6) is 1.66. The standard InChI is InChI=1S/C21H44N6O3S3/c1-4-8-25-19(28)16(6-13-31)23-9-11-26-20(29)17(7-14-33-3)24-10-12-27-21(30)18(15-32)22-5-2/h16-18,22-24,31-32H,4-15H2,1-3H3,(H,25,28)(H,26,29)(H,27,30). The molecule has 3 amide bonds. The Bertz CT molecular complexity index is 545. The maximum absolute atomic E-state index is 12.7. The van der Waals surface area contributed by atoms with Crippen LogP contribution in [0, 0.1) is 0 Å². The molecule has 0 aromatic carbocycles. The third kappa shape index (κ3) is 15.8. The Morgan fingerprint density at radius 3 is 1.70 bits per heavy atom. The molecule has 194 valence electrons. The van der Waals surface area contributed by atoms with Crippen LogP contribution in [0.3, 0.4) is 0 Å². The Labute approximate surface area is 214 Å². The van der Waals surface area contributed by atoms with Gasteiger partial charge < -0.3 is 31.9 Å². The maximum atomic E-state index is 12.7. The van der Waals surface area contributed by atoms with Gasteiger partial charge in [0.2, 0.25) is 17.7 Å². The van der Waals surface area contributed by atoms with Crippen molar-refractivity contribution in [3.8, 4) is 0 Å². The Hall–Kier alpha value is -0.660. The lowest BCUT2D eigenvalue weighted by Gasteiger charge is -2.20. The number of nitrogens with one attached hydrogen (secondary N) is 6. The van der Waals surface area contributed by atoms with Gasteiger partial charge in [0.15, 0.2) is 0 Å². The molecule has 0 radical (unpaired) electrons. The highest BCUT2D eigenvalue weighted by atomic mass is 32.2. The van der Waals surface area contributed by atoms with Crippen LogP contribution in [-0.4, -0.2) is 98.6 Å². The zero-order valence-corrected chi connectivity index (χ0v) is 22.9. The van der Waals surface area contributed by atoms with Gasteiger partial charge in [0.05, 0.1) is 18.1 Å². The van der Waals surface area contributed by atoms with E-state index in [1.807, 2.05) is 20.1 Å². The number of thioether (sulfide) groups is 1. The van der Waals surface area contributed by atoms with Gasteiger partial charge in [0, 0.05) is 38.5 Å². The van der Waals surface area contributed by atoms with Crippen LogP contribution in [0.4, 0.5) is 0 Å². The Morgan fingerprint density at radius 2 is 1.24 bits per heavy atom. The van der Waals surface area contributed by atoms with E-state index in [1.165, 1.54) is 0 Å². The summed E-state index contributed by atoms with van der Waals surface area (Å²) >= 11 is 10.1. The predicted octanol–water partition coefficient (Wildman–Crippen LogP) is -0.358. The molecule has 0 rings (SSSR count). The van der Waals surface area contributed by atoms with Gasteiger partial charge in [-0.3, -0.25) is 14.4 Å². The van der Waals surface area contributed by atoms with Crippen molar-refractivity contribution in [2.75, 3.05) is 62.8 Å². The lowest BCUT2D eigenvalue weighted by Crippen LogP contribution is -2.51. The summed E-state index contributed by atoms with van der Waals surface area (Å²) in [6, 6.07) is -0.981. The molecule has 0 saturated heterocycles. The van der Waals surface area contributed by atoms with Crippen LogP contribution in [0.1, 0.15) is 33.1 Å². The molecule has 0 heterocycles. The molecule has 0 fully saturated rings. The van der Waals surface area contributed by atoms with Crippen LogP contribution in [0.15, 0.2) is 0 Å². The van der Waals surface area contributed by atoms with Crippen LogP contribution in [0.2, 0.25) is 0 Å². The van der Waals surface area contributed by atoms with Gasteiger partial charge in [-0.15, -0.1) is 0 Å². The molecule has 0 aromatic heterocycles. The number of hydrogen-bond donors (Lipinski definition) is 8. The van der Waals surface area contributed by atoms with E-state index in [1.54, 1.807) is 11.8 Å². The first kappa shape index (κ1) is 32.3.